The number of carbonyl (C=O) groups excluding carboxylic acids is 1. The predicted octanol–water partition coefficient (Wildman–Crippen LogP) is 4.14. The molecule has 3 aromatic rings. The van der Waals surface area contributed by atoms with Gasteiger partial charge in [0.15, 0.2) is 0 Å². The monoisotopic (exact) mass is 317 g/mol. The van der Waals surface area contributed by atoms with E-state index in [1.54, 1.807) is 24.1 Å². The Morgan fingerprint density at radius 2 is 1.38 bits per heavy atom. The first-order valence-electron chi connectivity index (χ1n) is 7.85. The second-order valence-electron chi connectivity index (χ2n) is 6.00. The summed E-state index contributed by atoms with van der Waals surface area (Å²) in [6.07, 6.45) is 0. The number of amides is 1. The number of rotatable bonds is 2. The lowest BCUT2D eigenvalue weighted by Gasteiger charge is -2.29. The fourth-order valence-electron chi connectivity index (χ4n) is 3.67. The molecule has 0 radical (unpaired) electrons. The van der Waals surface area contributed by atoms with Gasteiger partial charge in [0, 0.05) is 18.3 Å². The fourth-order valence-corrected chi connectivity index (χ4v) is 3.67. The zero-order chi connectivity index (χ0) is 16.7. The summed E-state index contributed by atoms with van der Waals surface area (Å²) in [4.78, 5) is 15.1. The van der Waals surface area contributed by atoms with E-state index in [9.17, 15) is 9.18 Å². The molecule has 24 heavy (non-hydrogen) atoms. The summed E-state index contributed by atoms with van der Waals surface area (Å²) in [5, 5.41) is 0. The quantitative estimate of drug-likeness (QED) is 0.696. The van der Waals surface area contributed by atoms with Crippen molar-refractivity contribution in [2.75, 3.05) is 11.9 Å². The molecule has 0 fully saturated rings. The van der Waals surface area contributed by atoms with Crippen molar-refractivity contribution in [2.24, 2.45) is 0 Å². The van der Waals surface area contributed by atoms with Crippen LogP contribution in [-0.4, -0.2) is 13.0 Å². The van der Waals surface area contributed by atoms with E-state index in [1.165, 1.54) is 12.1 Å². The van der Waals surface area contributed by atoms with Crippen molar-refractivity contribution < 1.29 is 9.18 Å². The molecule has 1 atom stereocenters. The number of carbonyl (C=O) groups is 1. The van der Waals surface area contributed by atoms with Crippen LogP contribution in [0.5, 0.6) is 0 Å². The minimum Gasteiger partial charge on any atom is -0.314 e. The third kappa shape index (κ3) is 1.84. The smallest absolute Gasteiger partial charge is 0.246 e. The molecule has 0 spiro atoms. The Hall–Kier alpha value is -2.94. The number of para-hydroxylation sites is 1. The van der Waals surface area contributed by atoms with Gasteiger partial charge in [-0.1, -0.05) is 60.7 Å². The van der Waals surface area contributed by atoms with Gasteiger partial charge in [0.25, 0.3) is 0 Å². The summed E-state index contributed by atoms with van der Waals surface area (Å²) in [6.45, 7) is 0. The highest BCUT2D eigenvalue weighted by molar-refractivity contribution is 6.12. The molecule has 1 heterocycles. The SMILES string of the molecule is CN1C(=O)C(c2ccccc2)(c2ccc(F)cc2)c2ccccc21. The normalized spacial score (nSPS) is 19.4. The van der Waals surface area contributed by atoms with E-state index in [4.69, 9.17) is 0 Å². The van der Waals surface area contributed by atoms with Crippen LogP contribution < -0.4 is 4.90 Å². The van der Waals surface area contributed by atoms with Gasteiger partial charge in [0.2, 0.25) is 5.91 Å². The Bertz CT molecular complexity index is 905. The molecule has 0 aliphatic carbocycles. The van der Waals surface area contributed by atoms with Crippen molar-refractivity contribution in [3.8, 4) is 0 Å². The highest BCUT2D eigenvalue weighted by Gasteiger charge is 2.52. The van der Waals surface area contributed by atoms with Crippen LogP contribution in [0.25, 0.3) is 0 Å². The number of likely N-dealkylation sites (N-methyl/N-ethyl adjacent to an activating group) is 1. The molecule has 1 aliphatic rings. The van der Waals surface area contributed by atoms with Crippen LogP contribution in [0.2, 0.25) is 0 Å². The van der Waals surface area contributed by atoms with Gasteiger partial charge in [-0.25, -0.2) is 4.39 Å². The maximum Gasteiger partial charge on any atom is 0.246 e. The van der Waals surface area contributed by atoms with Crippen LogP contribution in [0.15, 0.2) is 78.9 Å². The van der Waals surface area contributed by atoms with Gasteiger partial charge in [-0.2, -0.15) is 0 Å². The molecule has 0 N–H and O–H groups in total. The van der Waals surface area contributed by atoms with Crippen molar-refractivity contribution in [3.05, 3.63) is 101 Å². The summed E-state index contributed by atoms with van der Waals surface area (Å²) >= 11 is 0. The molecule has 0 saturated heterocycles. The lowest BCUT2D eigenvalue weighted by atomic mass is 9.70. The van der Waals surface area contributed by atoms with Crippen LogP contribution >= 0.6 is 0 Å². The topological polar surface area (TPSA) is 20.3 Å². The predicted molar refractivity (Wildman–Crippen MR) is 92.6 cm³/mol. The summed E-state index contributed by atoms with van der Waals surface area (Å²) in [6, 6.07) is 23.7. The molecular weight excluding hydrogens is 301 g/mol. The Balaban J connectivity index is 2.10. The minimum absolute atomic E-state index is 0.0264. The van der Waals surface area contributed by atoms with Gasteiger partial charge in [-0.15, -0.1) is 0 Å². The molecule has 0 saturated carbocycles. The average Bonchev–Trinajstić information content (AvgIpc) is 2.86. The molecule has 0 aromatic heterocycles. The van der Waals surface area contributed by atoms with Gasteiger partial charge >= 0.3 is 0 Å². The van der Waals surface area contributed by atoms with E-state index in [0.29, 0.717) is 0 Å². The van der Waals surface area contributed by atoms with E-state index in [0.717, 1.165) is 22.4 Å². The second kappa shape index (κ2) is 5.31. The highest BCUT2D eigenvalue weighted by Crippen LogP contribution is 2.49. The maximum atomic E-state index is 13.5. The number of anilines is 1. The molecule has 1 unspecified atom stereocenters. The van der Waals surface area contributed by atoms with Gasteiger partial charge in [0.05, 0.1) is 0 Å². The summed E-state index contributed by atoms with van der Waals surface area (Å²) in [5.41, 5.74) is 2.53. The first kappa shape index (κ1) is 14.6. The molecule has 118 valence electrons. The minimum atomic E-state index is -0.944. The first-order chi connectivity index (χ1) is 11.7. The van der Waals surface area contributed by atoms with Crippen LogP contribution in [0.1, 0.15) is 16.7 Å². The first-order valence-corrected chi connectivity index (χ1v) is 7.85. The molecule has 3 aromatic carbocycles. The lowest BCUT2D eigenvalue weighted by Crippen LogP contribution is -2.40. The Kier molecular flexibility index (Phi) is 3.24. The van der Waals surface area contributed by atoms with E-state index in [-0.39, 0.29) is 11.7 Å². The van der Waals surface area contributed by atoms with Crippen molar-refractivity contribution in [1.29, 1.82) is 0 Å². The Labute approximate surface area is 140 Å². The standard InChI is InChI=1S/C21H16FNO/c1-23-19-10-6-5-9-18(19)21(20(23)24,15-7-3-2-4-8-15)16-11-13-17(22)14-12-16/h2-14H,1H3. The van der Waals surface area contributed by atoms with Crippen LogP contribution in [-0.2, 0) is 10.2 Å². The van der Waals surface area contributed by atoms with E-state index >= 15 is 0 Å². The zero-order valence-electron chi connectivity index (χ0n) is 13.2. The largest absolute Gasteiger partial charge is 0.314 e. The number of halogens is 1. The van der Waals surface area contributed by atoms with Crippen molar-refractivity contribution >= 4 is 11.6 Å². The van der Waals surface area contributed by atoms with Crippen molar-refractivity contribution in [1.82, 2.24) is 0 Å². The number of hydrogen-bond donors (Lipinski definition) is 0. The number of hydrogen-bond acceptors (Lipinski definition) is 1. The number of benzene rings is 3. The number of nitrogens with zero attached hydrogens (tertiary/aromatic N) is 1. The van der Waals surface area contributed by atoms with E-state index < -0.39 is 5.41 Å². The van der Waals surface area contributed by atoms with Crippen molar-refractivity contribution in [3.63, 3.8) is 0 Å². The van der Waals surface area contributed by atoms with Crippen molar-refractivity contribution in [2.45, 2.75) is 5.41 Å². The Morgan fingerprint density at radius 1 is 0.792 bits per heavy atom. The third-order valence-corrected chi connectivity index (χ3v) is 4.78. The molecule has 4 rings (SSSR count). The molecule has 2 nitrogen and oxygen atoms in total. The number of fused-ring (bicyclic) bond motifs is 1. The van der Waals surface area contributed by atoms with E-state index in [2.05, 4.69) is 0 Å². The summed E-state index contributed by atoms with van der Waals surface area (Å²) in [5.74, 6) is -0.337. The van der Waals surface area contributed by atoms with Gasteiger partial charge in [-0.3, -0.25) is 4.79 Å². The highest BCUT2D eigenvalue weighted by atomic mass is 19.1. The average molecular weight is 317 g/mol. The molecular formula is C21H16FNO. The van der Waals surface area contributed by atoms with Gasteiger partial charge in [0.1, 0.15) is 11.2 Å². The lowest BCUT2D eigenvalue weighted by molar-refractivity contribution is -0.120. The Morgan fingerprint density at radius 3 is 2.08 bits per heavy atom. The maximum absolute atomic E-state index is 13.5. The summed E-state index contributed by atoms with van der Waals surface area (Å²) < 4.78 is 13.5. The van der Waals surface area contributed by atoms with Crippen LogP contribution in [0.3, 0.4) is 0 Å². The van der Waals surface area contributed by atoms with Gasteiger partial charge in [-0.05, 0) is 29.3 Å². The molecule has 3 heteroatoms. The van der Waals surface area contributed by atoms with Crippen LogP contribution in [0, 0.1) is 5.82 Å². The second-order valence-corrected chi connectivity index (χ2v) is 6.00. The third-order valence-electron chi connectivity index (χ3n) is 4.78. The van der Waals surface area contributed by atoms with Crippen LogP contribution in [0.4, 0.5) is 10.1 Å². The molecule has 1 amide bonds. The molecule has 0 bridgehead atoms. The van der Waals surface area contributed by atoms with E-state index in [1.807, 2.05) is 54.6 Å². The molecule has 1 aliphatic heterocycles. The fraction of sp³-hybridized carbons (Fsp3) is 0.0952. The zero-order valence-corrected chi connectivity index (χ0v) is 13.2. The summed E-state index contributed by atoms with van der Waals surface area (Å²) in [7, 11) is 1.79. The van der Waals surface area contributed by atoms with Gasteiger partial charge < -0.3 is 4.90 Å².